The summed E-state index contributed by atoms with van der Waals surface area (Å²) < 4.78 is 11.0. The number of aliphatic hydroxyl groups excluding tert-OH is 1. The van der Waals surface area contributed by atoms with Gasteiger partial charge in [-0.3, -0.25) is 9.59 Å². The zero-order valence-electron chi connectivity index (χ0n) is 18.6. The summed E-state index contributed by atoms with van der Waals surface area (Å²) in [6, 6.07) is 18.3. The Labute approximate surface area is 192 Å². The second kappa shape index (κ2) is 8.37. The maximum atomic E-state index is 13.2. The number of ether oxygens (including phenoxy) is 2. The Hall–Kier alpha value is -3.64. The highest BCUT2D eigenvalue weighted by atomic mass is 16.5. The second-order valence-corrected chi connectivity index (χ2v) is 8.51. The van der Waals surface area contributed by atoms with Crippen LogP contribution in [-0.2, 0) is 20.7 Å². The number of hydrogen-bond donors (Lipinski definition) is 1. The Balaban J connectivity index is 1.69. The average Bonchev–Trinajstić information content (AvgIpc) is 3.32. The molecule has 3 aromatic carbocycles. The van der Waals surface area contributed by atoms with Crippen LogP contribution in [-0.4, -0.2) is 48.1 Å². The Bertz CT molecular complexity index is 1290. The number of benzene rings is 3. The molecule has 1 amide bonds. The molecule has 3 aromatic rings. The minimum absolute atomic E-state index is 0.0627. The molecule has 0 aliphatic carbocycles. The molecule has 1 saturated heterocycles. The quantitative estimate of drug-likeness (QED) is 0.363. The molecule has 0 bridgehead atoms. The first kappa shape index (κ1) is 21.2. The lowest BCUT2D eigenvalue weighted by molar-refractivity contribution is -0.140. The second-order valence-electron chi connectivity index (χ2n) is 8.51. The molecule has 5 rings (SSSR count). The molecule has 2 aliphatic heterocycles. The molecule has 0 spiro atoms. The molecule has 168 valence electrons. The maximum Gasteiger partial charge on any atom is 0.295 e. The monoisotopic (exact) mass is 443 g/mol. The lowest BCUT2D eigenvalue weighted by atomic mass is 9.91. The van der Waals surface area contributed by atoms with Gasteiger partial charge in [-0.05, 0) is 47.0 Å². The highest BCUT2D eigenvalue weighted by Crippen LogP contribution is 2.42. The standard InChI is InChI=1S/C27H25NO5/c1-16-14-19-15-18(10-11-22(19)33-16)25(29)23-24(28(12-13-32-2)27(31)26(23)30)21-9-5-7-17-6-3-4-8-20(17)21/h3-11,15-16,24,29H,12-14H2,1-2H3/b25-23-. The van der Waals surface area contributed by atoms with E-state index in [4.69, 9.17) is 9.47 Å². The van der Waals surface area contributed by atoms with Crippen LogP contribution in [0.4, 0.5) is 0 Å². The van der Waals surface area contributed by atoms with Crippen molar-refractivity contribution in [3.8, 4) is 5.75 Å². The molecule has 2 aliphatic rings. The van der Waals surface area contributed by atoms with Crippen LogP contribution in [0.15, 0.2) is 66.2 Å². The number of hydrogen-bond acceptors (Lipinski definition) is 5. The van der Waals surface area contributed by atoms with Gasteiger partial charge in [-0.15, -0.1) is 0 Å². The first-order valence-electron chi connectivity index (χ1n) is 11.0. The topological polar surface area (TPSA) is 76.1 Å². The fourth-order valence-corrected chi connectivity index (χ4v) is 4.84. The van der Waals surface area contributed by atoms with Crippen LogP contribution in [0, 0.1) is 0 Å². The molecule has 1 fully saturated rings. The van der Waals surface area contributed by atoms with Crippen molar-refractivity contribution >= 4 is 28.2 Å². The first-order chi connectivity index (χ1) is 16.0. The SMILES string of the molecule is COCCN1C(=O)C(=O)/C(=C(\O)c2ccc3c(c2)CC(C)O3)C1c1cccc2ccccc12. The number of fused-ring (bicyclic) bond motifs is 2. The van der Waals surface area contributed by atoms with Gasteiger partial charge in [0.1, 0.15) is 17.6 Å². The maximum absolute atomic E-state index is 13.2. The van der Waals surface area contributed by atoms with E-state index in [9.17, 15) is 14.7 Å². The number of amides is 1. The molecule has 2 atom stereocenters. The third kappa shape index (κ3) is 3.56. The lowest BCUT2D eigenvalue weighted by Gasteiger charge is -2.26. The number of aliphatic hydroxyl groups is 1. The van der Waals surface area contributed by atoms with Gasteiger partial charge in [-0.2, -0.15) is 0 Å². The first-order valence-corrected chi connectivity index (χ1v) is 11.0. The van der Waals surface area contributed by atoms with E-state index in [-0.39, 0.29) is 30.6 Å². The number of ketones is 1. The van der Waals surface area contributed by atoms with Gasteiger partial charge >= 0.3 is 0 Å². The van der Waals surface area contributed by atoms with Crippen molar-refractivity contribution in [2.75, 3.05) is 20.3 Å². The minimum Gasteiger partial charge on any atom is -0.507 e. The number of rotatable bonds is 5. The van der Waals surface area contributed by atoms with E-state index in [0.717, 1.165) is 34.1 Å². The predicted molar refractivity (Wildman–Crippen MR) is 125 cm³/mol. The summed E-state index contributed by atoms with van der Waals surface area (Å²) in [5.41, 5.74) is 2.37. The molecule has 6 heteroatoms. The van der Waals surface area contributed by atoms with E-state index in [1.165, 1.54) is 4.90 Å². The number of likely N-dealkylation sites (tertiary alicyclic amines) is 1. The zero-order chi connectivity index (χ0) is 23.1. The van der Waals surface area contributed by atoms with Gasteiger partial charge in [-0.25, -0.2) is 0 Å². The molecule has 0 saturated carbocycles. The van der Waals surface area contributed by atoms with Gasteiger partial charge in [-0.1, -0.05) is 42.5 Å². The summed E-state index contributed by atoms with van der Waals surface area (Å²) in [5.74, 6) is -0.713. The van der Waals surface area contributed by atoms with Crippen molar-refractivity contribution < 1.29 is 24.2 Å². The smallest absolute Gasteiger partial charge is 0.295 e. The number of nitrogens with zero attached hydrogens (tertiary/aromatic N) is 1. The van der Waals surface area contributed by atoms with Gasteiger partial charge in [0.15, 0.2) is 0 Å². The normalized spacial score (nSPS) is 21.5. The van der Waals surface area contributed by atoms with Gasteiger partial charge < -0.3 is 19.5 Å². The third-order valence-electron chi connectivity index (χ3n) is 6.36. The molecule has 1 N–H and O–H groups in total. The van der Waals surface area contributed by atoms with Crippen LogP contribution in [0.1, 0.15) is 29.7 Å². The largest absolute Gasteiger partial charge is 0.507 e. The van der Waals surface area contributed by atoms with Gasteiger partial charge in [0.05, 0.1) is 18.2 Å². The van der Waals surface area contributed by atoms with Crippen molar-refractivity contribution in [2.45, 2.75) is 25.5 Å². The van der Waals surface area contributed by atoms with Crippen LogP contribution < -0.4 is 4.74 Å². The highest BCUT2D eigenvalue weighted by Gasteiger charge is 2.46. The Kier molecular flexibility index (Phi) is 5.38. The van der Waals surface area contributed by atoms with E-state index in [1.807, 2.05) is 61.5 Å². The van der Waals surface area contributed by atoms with E-state index in [0.29, 0.717) is 5.56 Å². The summed E-state index contributed by atoms with van der Waals surface area (Å²) >= 11 is 0. The van der Waals surface area contributed by atoms with E-state index in [1.54, 1.807) is 13.2 Å². The van der Waals surface area contributed by atoms with Crippen molar-refractivity contribution in [3.05, 3.63) is 82.9 Å². The average molecular weight is 443 g/mol. The number of carbonyl (C=O) groups excluding carboxylic acids is 2. The molecular weight excluding hydrogens is 418 g/mol. The summed E-state index contributed by atoms with van der Waals surface area (Å²) in [6.45, 7) is 2.51. The highest BCUT2D eigenvalue weighted by molar-refractivity contribution is 6.46. The van der Waals surface area contributed by atoms with Crippen LogP contribution in [0.25, 0.3) is 16.5 Å². The van der Waals surface area contributed by atoms with Crippen molar-refractivity contribution in [1.29, 1.82) is 0 Å². The van der Waals surface area contributed by atoms with Gasteiger partial charge in [0, 0.05) is 25.6 Å². The van der Waals surface area contributed by atoms with E-state index >= 15 is 0 Å². The Morgan fingerprint density at radius 1 is 1.12 bits per heavy atom. The molecule has 0 radical (unpaired) electrons. The Morgan fingerprint density at radius 2 is 1.91 bits per heavy atom. The number of Topliss-reactive ketones (excluding diaryl/α,β-unsaturated/α-hetero) is 1. The summed E-state index contributed by atoms with van der Waals surface area (Å²) in [7, 11) is 1.55. The van der Waals surface area contributed by atoms with Crippen molar-refractivity contribution in [2.24, 2.45) is 0 Å². The Morgan fingerprint density at radius 3 is 2.73 bits per heavy atom. The zero-order valence-corrected chi connectivity index (χ0v) is 18.6. The van der Waals surface area contributed by atoms with Crippen LogP contribution in [0.5, 0.6) is 5.75 Å². The molecule has 6 nitrogen and oxygen atoms in total. The third-order valence-corrected chi connectivity index (χ3v) is 6.36. The van der Waals surface area contributed by atoms with E-state index in [2.05, 4.69) is 0 Å². The van der Waals surface area contributed by atoms with Gasteiger partial charge in [0.2, 0.25) is 0 Å². The fraction of sp³-hybridized carbons (Fsp3) is 0.259. The van der Waals surface area contributed by atoms with Crippen LogP contribution in [0.2, 0.25) is 0 Å². The van der Waals surface area contributed by atoms with Gasteiger partial charge in [0.25, 0.3) is 11.7 Å². The van der Waals surface area contributed by atoms with E-state index < -0.39 is 17.7 Å². The fourth-order valence-electron chi connectivity index (χ4n) is 4.84. The predicted octanol–water partition coefficient (Wildman–Crippen LogP) is 4.23. The van der Waals surface area contributed by atoms with Crippen molar-refractivity contribution in [1.82, 2.24) is 4.90 Å². The summed E-state index contributed by atoms with van der Waals surface area (Å²) in [6.07, 6.45) is 0.790. The molecule has 0 aromatic heterocycles. The van der Waals surface area contributed by atoms with Crippen LogP contribution in [0.3, 0.4) is 0 Å². The minimum atomic E-state index is -0.713. The molecule has 2 unspecified atom stereocenters. The number of carbonyl (C=O) groups is 2. The van der Waals surface area contributed by atoms with Crippen LogP contribution >= 0.6 is 0 Å². The molecule has 2 heterocycles. The van der Waals surface area contributed by atoms with Crippen molar-refractivity contribution in [3.63, 3.8) is 0 Å². The summed E-state index contributed by atoms with van der Waals surface area (Å²) in [4.78, 5) is 27.8. The number of methoxy groups -OCH3 is 1. The molecular formula is C27H25NO5. The lowest BCUT2D eigenvalue weighted by Crippen LogP contribution is -2.32. The molecule has 33 heavy (non-hydrogen) atoms. The summed E-state index contributed by atoms with van der Waals surface area (Å²) in [5, 5.41) is 13.3.